The number of nitrogens with zero attached hydrogens (tertiary/aromatic N) is 1. The van der Waals surface area contributed by atoms with E-state index in [-0.39, 0.29) is 0 Å². The van der Waals surface area contributed by atoms with Gasteiger partial charge in [0.05, 0.1) is 0 Å². The molecule has 0 bridgehead atoms. The lowest BCUT2D eigenvalue weighted by Gasteiger charge is -2.15. The molecule has 1 heterocycles. The molecule has 0 aromatic carbocycles. The van der Waals surface area contributed by atoms with Crippen molar-refractivity contribution < 1.29 is 0 Å². The summed E-state index contributed by atoms with van der Waals surface area (Å²) in [7, 11) is 0. The lowest BCUT2D eigenvalue weighted by atomic mass is 10.1. The Morgan fingerprint density at radius 3 is 1.62 bits per heavy atom. The summed E-state index contributed by atoms with van der Waals surface area (Å²) in [5.41, 5.74) is 2.93. The highest BCUT2D eigenvalue weighted by Gasteiger charge is 2.11. The van der Waals surface area contributed by atoms with Gasteiger partial charge >= 0.3 is 0 Å². The van der Waals surface area contributed by atoms with Gasteiger partial charge in [0.25, 0.3) is 0 Å². The average molecular weight is 179 g/mol. The zero-order valence-electron chi connectivity index (χ0n) is 9.46. The third-order valence-electron chi connectivity index (χ3n) is 2.55. The van der Waals surface area contributed by atoms with Gasteiger partial charge in [-0.2, -0.15) is 0 Å². The Balaban J connectivity index is 3.10. The van der Waals surface area contributed by atoms with E-state index in [2.05, 4.69) is 51.3 Å². The van der Waals surface area contributed by atoms with Gasteiger partial charge in [-0.1, -0.05) is 27.7 Å². The minimum Gasteiger partial charge on any atom is -0.348 e. The molecule has 0 saturated heterocycles. The van der Waals surface area contributed by atoms with Crippen molar-refractivity contribution in [3.05, 3.63) is 23.5 Å². The van der Waals surface area contributed by atoms with Crippen molar-refractivity contribution in [2.75, 3.05) is 0 Å². The predicted octanol–water partition coefficient (Wildman–Crippen LogP) is 3.75. The van der Waals surface area contributed by atoms with E-state index in [9.17, 15) is 0 Å². The molecule has 1 heteroatoms. The summed E-state index contributed by atoms with van der Waals surface area (Å²) in [6.45, 7) is 12.3. The topological polar surface area (TPSA) is 4.93 Å². The van der Waals surface area contributed by atoms with E-state index in [1.165, 1.54) is 11.4 Å². The first-order chi connectivity index (χ1) is 6.07. The zero-order chi connectivity index (χ0) is 10.0. The second-order valence-electron chi connectivity index (χ2n) is 4.24. The summed E-state index contributed by atoms with van der Waals surface area (Å²) < 4.78 is 2.44. The monoisotopic (exact) mass is 179 g/mol. The maximum absolute atomic E-state index is 2.44. The summed E-state index contributed by atoms with van der Waals surface area (Å²) in [4.78, 5) is 0. The van der Waals surface area contributed by atoms with Gasteiger partial charge < -0.3 is 4.57 Å². The van der Waals surface area contributed by atoms with E-state index in [1.54, 1.807) is 0 Å². The first-order valence-electron chi connectivity index (χ1n) is 5.27. The maximum atomic E-state index is 2.44. The van der Waals surface area contributed by atoms with Crippen LogP contribution in [0.25, 0.3) is 0 Å². The van der Waals surface area contributed by atoms with Crippen molar-refractivity contribution >= 4 is 0 Å². The Bertz CT molecular complexity index is 243. The Morgan fingerprint density at radius 1 is 1.00 bits per heavy atom. The fourth-order valence-corrected chi connectivity index (χ4v) is 1.87. The SMILES string of the molecule is CCn1c(C(C)C)ccc1C(C)C. The quantitative estimate of drug-likeness (QED) is 0.666. The number of rotatable bonds is 3. The first-order valence-corrected chi connectivity index (χ1v) is 5.27. The van der Waals surface area contributed by atoms with E-state index in [0.29, 0.717) is 11.8 Å². The zero-order valence-corrected chi connectivity index (χ0v) is 9.46. The molecule has 0 radical (unpaired) electrons. The molecule has 0 fully saturated rings. The fraction of sp³-hybridized carbons (Fsp3) is 0.667. The van der Waals surface area contributed by atoms with E-state index in [1.807, 2.05) is 0 Å². The molecule has 0 spiro atoms. The minimum atomic E-state index is 0.632. The van der Waals surface area contributed by atoms with Crippen molar-refractivity contribution in [2.45, 2.75) is 53.0 Å². The highest BCUT2D eigenvalue weighted by Crippen LogP contribution is 2.23. The van der Waals surface area contributed by atoms with Gasteiger partial charge in [0.2, 0.25) is 0 Å². The lowest BCUT2D eigenvalue weighted by molar-refractivity contribution is 0.620. The van der Waals surface area contributed by atoms with Crippen LogP contribution in [0, 0.1) is 0 Å². The fourth-order valence-electron chi connectivity index (χ4n) is 1.87. The molecule has 1 aromatic heterocycles. The van der Waals surface area contributed by atoms with Gasteiger partial charge in [0.1, 0.15) is 0 Å². The number of aromatic nitrogens is 1. The Labute approximate surface area is 81.8 Å². The van der Waals surface area contributed by atoms with Crippen LogP contribution in [0.4, 0.5) is 0 Å². The predicted molar refractivity (Wildman–Crippen MR) is 58.3 cm³/mol. The van der Waals surface area contributed by atoms with Crippen LogP contribution in [-0.2, 0) is 6.54 Å². The molecule has 0 atom stereocenters. The van der Waals surface area contributed by atoms with Gasteiger partial charge in [0.15, 0.2) is 0 Å². The molecule has 0 amide bonds. The average Bonchev–Trinajstić information content (AvgIpc) is 2.46. The summed E-state index contributed by atoms with van der Waals surface area (Å²) in [6, 6.07) is 4.53. The van der Waals surface area contributed by atoms with E-state index in [4.69, 9.17) is 0 Å². The second kappa shape index (κ2) is 3.99. The molecule has 0 saturated carbocycles. The van der Waals surface area contributed by atoms with Crippen molar-refractivity contribution in [2.24, 2.45) is 0 Å². The molecule has 0 aliphatic heterocycles. The molecule has 0 aliphatic rings. The molecule has 1 nitrogen and oxygen atoms in total. The minimum absolute atomic E-state index is 0.632. The maximum Gasteiger partial charge on any atom is 0.0203 e. The molecule has 13 heavy (non-hydrogen) atoms. The van der Waals surface area contributed by atoms with Crippen molar-refractivity contribution in [1.82, 2.24) is 4.57 Å². The van der Waals surface area contributed by atoms with Crippen LogP contribution < -0.4 is 0 Å². The number of hydrogen-bond donors (Lipinski definition) is 0. The molecule has 0 unspecified atom stereocenters. The van der Waals surface area contributed by atoms with Crippen LogP contribution in [0.2, 0.25) is 0 Å². The van der Waals surface area contributed by atoms with E-state index >= 15 is 0 Å². The molecule has 1 rings (SSSR count). The van der Waals surface area contributed by atoms with Gasteiger partial charge in [-0.3, -0.25) is 0 Å². The van der Waals surface area contributed by atoms with Crippen LogP contribution in [0.3, 0.4) is 0 Å². The van der Waals surface area contributed by atoms with E-state index in [0.717, 1.165) is 6.54 Å². The second-order valence-corrected chi connectivity index (χ2v) is 4.24. The summed E-state index contributed by atoms with van der Waals surface area (Å²) >= 11 is 0. The van der Waals surface area contributed by atoms with Crippen LogP contribution >= 0.6 is 0 Å². The van der Waals surface area contributed by atoms with Crippen molar-refractivity contribution in [3.63, 3.8) is 0 Å². The summed E-state index contributed by atoms with van der Waals surface area (Å²) in [6.07, 6.45) is 0. The molecule has 1 aromatic rings. The molecule has 74 valence electrons. The van der Waals surface area contributed by atoms with Gasteiger partial charge in [-0.05, 0) is 30.9 Å². The summed E-state index contributed by atoms with van der Waals surface area (Å²) in [5.74, 6) is 1.26. The van der Waals surface area contributed by atoms with Crippen LogP contribution in [0.15, 0.2) is 12.1 Å². The van der Waals surface area contributed by atoms with Crippen LogP contribution in [0.5, 0.6) is 0 Å². The largest absolute Gasteiger partial charge is 0.348 e. The van der Waals surface area contributed by atoms with Crippen LogP contribution in [0.1, 0.15) is 57.8 Å². The Morgan fingerprint density at radius 2 is 1.38 bits per heavy atom. The Kier molecular flexibility index (Phi) is 3.18. The molecular weight excluding hydrogens is 158 g/mol. The lowest BCUT2D eigenvalue weighted by Crippen LogP contribution is -2.07. The summed E-state index contributed by atoms with van der Waals surface area (Å²) in [5, 5.41) is 0. The molecule has 0 aliphatic carbocycles. The normalized spacial score (nSPS) is 11.6. The Hall–Kier alpha value is -0.720. The van der Waals surface area contributed by atoms with Crippen molar-refractivity contribution in [1.29, 1.82) is 0 Å². The van der Waals surface area contributed by atoms with Gasteiger partial charge in [-0.15, -0.1) is 0 Å². The smallest absolute Gasteiger partial charge is 0.0203 e. The first kappa shape index (κ1) is 10.4. The number of hydrogen-bond acceptors (Lipinski definition) is 0. The highest BCUT2D eigenvalue weighted by atomic mass is 15.0. The third-order valence-corrected chi connectivity index (χ3v) is 2.55. The molecular formula is C12H21N. The van der Waals surface area contributed by atoms with E-state index < -0.39 is 0 Å². The van der Waals surface area contributed by atoms with Gasteiger partial charge in [-0.25, -0.2) is 0 Å². The van der Waals surface area contributed by atoms with Gasteiger partial charge in [0, 0.05) is 17.9 Å². The third kappa shape index (κ3) is 1.96. The standard InChI is InChI=1S/C12H21N/c1-6-13-11(9(2)3)7-8-12(13)10(4)5/h7-10H,6H2,1-5H3. The van der Waals surface area contributed by atoms with Crippen LogP contribution in [-0.4, -0.2) is 4.57 Å². The molecule has 0 N–H and O–H groups in total. The highest BCUT2D eigenvalue weighted by molar-refractivity contribution is 5.21. The van der Waals surface area contributed by atoms with Crippen molar-refractivity contribution in [3.8, 4) is 0 Å².